The predicted molar refractivity (Wildman–Crippen MR) is 144 cm³/mol. The molecule has 0 saturated carbocycles. The van der Waals surface area contributed by atoms with Crippen LogP contribution in [0.15, 0.2) is 73.3 Å². The molecule has 0 aliphatic rings. The standard InChI is InChI=1S/C27H25N9O/c1-3-16(2)36-15-21(14-30-36)32-27(37)24-11-17-4-5-18(12-23(17)33-24)26-28-9-8-25(34-26)31-20-6-7-22-19(10-20)13-29-35-22/h4-16,33H,3H2,1-2H3,(H,29,35)(H,32,37)(H,28,31,34). The maximum Gasteiger partial charge on any atom is 0.272 e. The van der Waals surface area contributed by atoms with E-state index in [9.17, 15) is 4.79 Å². The molecule has 4 N–H and O–H groups in total. The van der Waals surface area contributed by atoms with Gasteiger partial charge < -0.3 is 15.6 Å². The molecule has 2 aromatic carbocycles. The molecule has 37 heavy (non-hydrogen) atoms. The molecule has 0 bridgehead atoms. The summed E-state index contributed by atoms with van der Waals surface area (Å²) in [5.74, 6) is 1.03. The summed E-state index contributed by atoms with van der Waals surface area (Å²) in [5, 5.41) is 19.5. The lowest BCUT2D eigenvalue weighted by Gasteiger charge is -2.07. The number of aromatic amines is 2. The van der Waals surface area contributed by atoms with E-state index >= 15 is 0 Å². The largest absolute Gasteiger partial charge is 0.350 e. The van der Waals surface area contributed by atoms with Gasteiger partial charge in [0.05, 0.1) is 23.6 Å². The first-order chi connectivity index (χ1) is 18.1. The van der Waals surface area contributed by atoms with E-state index in [4.69, 9.17) is 0 Å². The van der Waals surface area contributed by atoms with Crippen molar-refractivity contribution in [1.82, 2.24) is 34.9 Å². The zero-order valence-electron chi connectivity index (χ0n) is 20.4. The van der Waals surface area contributed by atoms with E-state index < -0.39 is 0 Å². The zero-order chi connectivity index (χ0) is 25.4. The molecule has 0 radical (unpaired) electrons. The number of nitrogens with zero attached hydrogens (tertiary/aromatic N) is 5. The second-order valence-electron chi connectivity index (χ2n) is 8.97. The van der Waals surface area contributed by atoms with Gasteiger partial charge in [-0.2, -0.15) is 10.2 Å². The Morgan fingerprint density at radius 1 is 1.03 bits per heavy atom. The van der Waals surface area contributed by atoms with Gasteiger partial charge in [-0.25, -0.2) is 9.97 Å². The summed E-state index contributed by atoms with van der Waals surface area (Å²) in [6.45, 7) is 4.19. The van der Waals surface area contributed by atoms with Crippen molar-refractivity contribution in [2.24, 2.45) is 0 Å². The number of hydrogen-bond acceptors (Lipinski definition) is 6. The van der Waals surface area contributed by atoms with Crippen LogP contribution in [0.4, 0.5) is 17.2 Å². The molecule has 4 heterocycles. The van der Waals surface area contributed by atoms with Crippen molar-refractivity contribution in [3.05, 3.63) is 79.0 Å². The molecular formula is C27H25N9O. The molecule has 10 heteroatoms. The number of nitrogens with one attached hydrogen (secondary N) is 4. The van der Waals surface area contributed by atoms with Crippen LogP contribution >= 0.6 is 0 Å². The normalized spacial score (nSPS) is 12.2. The topological polar surface area (TPSA) is 129 Å². The van der Waals surface area contributed by atoms with Crippen molar-refractivity contribution in [3.63, 3.8) is 0 Å². The molecule has 6 rings (SSSR count). The molecule has 1 unspecified atom stereocenters. The number of aromatic nitrogens is 7. The lowest BCUT2D eigenvalue weighted by molar-refractivity contribution is 0.102. The Balaban J connectivity index is 1.21. The molecule has 1 amide bonds. The highest BCUT2D eigenvalue weighted by Crippen LogP contribution is 2.25. The molecule has 0 fully saturated rings. The number of benzene rings is 2. The van der Waals surface area contributed by atoms with E-state index in [0.717, 1.165) is 39.5 Å². The number of hydrogen-bond donors (Lipinski definition) is 4. The highest BCUT2D eigenvalue weighted by atomic mass is 16.1. The van der Waals surface area contributed by atoms with Crippen LogP contribution in [-0.2, 0) is 0 Å². The molecule has 6 aromatic rings. The summed E-state index contributed by atoms with van der Waals surface area (Å²) in [6.07, 6.45) is 7.97. The van der Waals surface area contributed by atoms with Gasteiger partial charge in [-0.3, -0.25) is 14.6 Å². The Labute approximate surface area is 212 Å². The fourth-order valence-corrected chi connectivity index (χ4v) is 4.15. The first kappa shape index (κ1) is 22.5. The first-order valence-corrected chi connectivity index (χ1v) is 12.1. The molecule has 10 nitrogen and oxygen atoms in total. The van der Waals surface area contributed by atoms with E-state index in [1.165, 1.54) is 0 Å². The second-order valence-corrected chi connectivity index (χ2v) is 8.97. The molecule has 0 spiro atoms. The van der Waals surface area contributed by atoms with Crippen molar-refractivity contribution in [2.45, 2.75) is 26.3 Å². The SMILES string of the molecule is CCC(C)n1cc(NC(=O)c2cc3ccc(-c4nccc(Nc5ccc6[nH]ncc6c5)n4)cc3[nH]2)cn1. The quantitative estimate of drug-likeness (QED) is 0.228. The Hall–Kier alpha value is -4.99. The number of carbonyl (C=O) groups is 1. The minimum Gasteiger partial charge on any atom is -0.350 e. The minimum atomic E-state index is -0.224. The lowest BCUT2D eigenvalue weighted by atomic mass is 10.1. The van der Waals surface area contributed by atoms with Gasteiger partial charge in [0.2, 0.25) is 0 Å². The summed E-state index contributed by atoms with van der Waals surface area (Å²) < 4.78 is 1.85. The number of amides is 1. The van der Waals surface area contributed by atoms with Crippen molar-refractivity contribution < 1.29 is 4.79 Å². The first-order valence-electron chi connectivity index (χ1n) is 12.1. The molecule has 4 aromatic heterocycles. The van der Waals surface area contributed by atoms with Crippen LogP contribution in [0.1, 0.15) is 36.8 Å². The van der Waals surface area contributed by atoms with Gasteiger partial charge in [0.1, 0.15) is 11.5 Å². The van der Waals surface area contributed by atoms with Gasteiger partial charge in [-0.05, 0) is 49.7 Å². The number of H-pyrrole nitrogens is 2. The average molecular weight is 492 g/mol. The van der Waals surface area contributed by atoms with Crippen molar-refractivity contribution in [1.29, 1.82) is 0 Å². The third-order valence-corrected chi connectivity index (χ3v) is 6.40. The maximum absolute atomic E-state index is 12.9. The second kappa shape index (κ2) is 9.23. The summed E-state index contributed by atoms with van der Waals surface area (Å²) in [4.78, 5) is 25.2. The molecule has 0 aliphatic heterocycles. The molecular weight excluding hydrogens is 466 g/mol. The van der Waals surface area contributed by atoms with E-state index in [1.54, 1.807) is 18.6 Å². The van der Waals surface area contributed by atoms with Crippen molar-refractivity contribution in [3.8, 4) is 11.4 Å². The maximum atomic E-state index is 12.9. The summed E-state index contributed by atoms with van der Waals surface area (Å²) in [6, 6.07) is 15.7. The fraction of sp³-hybridized carbons (Fsp3) is 0.148. The highest BCUT2D eigenvalue weighted by molar-refractivity contribution is 6.06. The van der Waals surface area contributed by atoms with Crippen molar-refractivity contribution >= 4 is 44.9 Å². The van der Waals surface area contributed by atoms with Gasteiger partial charge >= 0.3 is 0 Å². The summed E-state index contributed by atoms with van der Waals surface area (Å²) in [7, 11) is 0. The molecule has 184 valence electrons. The summed E-state index contributed by atoms with van der Waals surface area (Å²) >= 11 is 0. The van der Waals surface area contributed by atoms with Gasteiger partial charge in [0, 0.05) is 46.0 Å². The van der Waals surface area contributed by atoms with Crippen LogP contribution in [0.2, 0.25) is 0 Å². The third kappa shape index (κ3) is 4.52. The van der Waals surface area contributed by atoms with Crippen LogP contribution in [0.3, 0.4) is 0 Å². The van der Waals surface area contributed by atoms with Crippen molar-refractivity contribution in [2.75, 3.05) is 10.6 Å². The van der Waals surface area contributed by atoms with Crippen LogP contribution < -0.4 is 10.6 Å². The van der Waals surface area contributed by atoms with Gasteiger partial charge in [-0.1, -0.05) is 19.1 Å². The average Bonchev–Trinajstić information content (AvgIpc) is 3.67. The number of anilines is 3. The van der Waals surface area contributed by atoms with E-state index in [2.05, 4.69) is 54.7 Å². The van der Waals surface area contributed by atoms with Gasteiger partial charge in [-0.15, -0.1) is 0 Å². The van der Waals surface area contributed by atoms with Crippen LogP contribution in [0, 0.1) is 0 Å². The Kier molecular flexibility index (Phi) is 5.61. The van der Waals surface area contributed by atoms with Crippen LogP contribution in [0.25, 0.3) is 33.2 Å². The smallest absolute Gasteiger partial charge is 0.272 e. The van der Waals surface area contributed by atoms with E-state index in [1.807, 2.05) is 59.4 Å². The number of fused-ring (bicyclic) bond motifs is 2. The Morgan fingerprint density at radius 3 is 2.84 bits per heavy atom. The molecule has 0 aliphatic carbocycles. The van der Waals surface area contributed by atoms with E-state index in [-0.39, 0.29) is 11.9 Å². The molecule has 0 saturated heterocycles. The third-order valence-electron chi connectivity index (χ3n) is 6.40. The highest BCUT2D eigenvalue weighted by Gasteiger charge is 2.13. The number of rotatable bonds is 7. The Morgan fingerprint density at radius 2 is 1.95 bits per heavy atom. The van der Waals surface area contributed by atoms with E-state index in [0.29, 0.717) is 23.0 Å². The summed E-state index contributed by atoms with van der Waals surface area (Å²) in [5.41, 5.74) is 4.67. The molecule has 1 atom stereocenters. The monoisotopic (exact) mass is 491 g/mol. The Bertz CT molecular complexity index is 1730. The van der Waals surface area contributed by atoms with Gasteiger partial charge in [0.25, 0.3) is 5.91 Å². The van der Waals surface area contributed by atoms with Crippen LogP contribution in [0.5, 0.6) is 0 Å². The zero-order valence-corrected chi connectivity index (χ0v) is 20.4. The fourth-order valence-electron chi connectivity index (χ4n) is 4.15. The van der Waals surface area contributed by atoms with Crippen LogP contribution in [-0.4, -0.2) is 40.8 Å². The minimum absolute atomic E-state index is 0.224. The van der Waals surface area contributed by atoms with Gasteiger partial charge in [0.15, 0.2) is 5.82 Å². The number of carbonyl (C=O) groups excluding carboxylic acids is 1. The predicted octanol–water partition coefficient (Wildman–Crippen LogP) is 5.66. The lowest BCUT2D eigenvalue weighted by Crippen LogP contribution is -2.11.